The normalized spacial score (nSPS) is 9.95. The van der Waals surface area contributed by atoms with Gasteiger partial charge in [-0.2, -0.15) is 0 Å². The number of carbonyl (C=O) groups excluding carboxylic acids is 1. The number of nitrogens with one attached hydrogen (secondary N) is 1. The first kappa shape index (κ1) is 13.1. The number of aromatic nitrogens is 1. The third-order valence-corrected chi connectivity index (χ3v) is 2.59. The molecule has 0 spiro atoms. The smallest absolute Gasteiger partial charge is 0.339 e. The number of carbonyl (C=O) groups is 1. The molecule has 0 atom stereocenters. The van der Waals surface area contributed by atoms with Crippen LogP contribution >= 0.6 is 0 Å². The molecule has 1 aromatic carbocycles. The van der Waals surface area contributed by atoms with E-state index in [-0.39, 0.29) is 5.97 Å². The predicted octanol–water partition coefficient (Wildman–Crippen LogP) is 2.87. The van der Waals surface area contributed by atoms with E-state index < -0.39 is 0 Å². The molecule has 2 rings (SSSR count). The van der Waals surface area contributed by atoms with Gasteiger partial charge in [0.05, 0.1) is 17.9 Å². The van der Waals surface area contributed by atoms with E-state index in [1.165, 1.54) is 11.8 Å². The Hall–Kier alpha value is -2.36. The van der Waals surface area contributed by atoms with Gasteiger partial charge in [-0.3, -0.25) is 4.98 Å². The molecule has 2 aromatic rings. The van der Waals surface area contributed by atoms with Crippen LogP contribution in [0, 0.1) is 0 Å². The minimum Gasteiger partial charge on any atom is -0.462 e. The van der Waals surface area contributed by atoms with Crippen LogP contribution in [0.15, 0.2) is 48.8 Å². The summed E-state index contributed by atoms with van der Waals surface area (Å²) in [5.74, 6) is -0.349. The Morgan fingerprint density at radius 1 is 1.26 bits per heavy atom. The van der Waals surface area contributed by atoms with Crippen LogP contribution in [-0.2, 0) is 11.3 Å². The zero-order valence-corrected chi connectivity index (χ0v) is 10.8. The second kappa shape index (κ2) is 6.54. The predicted molar refractivity (Wildman–Crippen MR) is 74.0 cm³/mol. The highest BCUT2D eigenvalue weighted by atomic mass is 16.5. The van der Waals surface area contributed by atoms with Crippen molar-refractivity contribution in [3.63, 3.8) is 0 Å². The van der Waals surface area contributed by atoms with E-state index in [1.807, 2.05) is 30.3 Å². The number of pyridine rings is 1. The van der Waals surface area contributed by atoms with Crippen LogP contribution < -0.4 is 5.32 Å². The Labute approximate surface area is 112 Å². The Morgan fingerprint density at radius 2 is 2.05 bits per heavy atom. The van der Waals surface area contributed by atoms with Crippen molar-refractivity contribution in [2.24, 2.45) is 0 Å². The van der Waals surface area contributed by atoms with Crippen LogP contribution in [0.3, 0.4) is 0 Å². The fourth-order valence-corrected chi connectivity index (χ4v) is 1.66. The summed E-state index contributed by atoms with van der Waals surface area (Å²) in [6, 6.07) is 11.8. The van der Waals surface area contributed by atoms with Crippen molar-refractivity contribution < 1.29 is 9.53 Å². The van der Waals surface area contributed by atoms with Crippen molar-refractivity contribution in [3.8, 4) is 0 Å². The largest absolute Gasteiger partial charge is 0.462 e. The van der Waals surface area contributed by atoms with E-state index >= 15 is 0 Å². The lowest BCUT2D eigenvalue weighted by Gasteiger charge is -2.07. The molecular formula is C15H16N2O2. The van der Waals surface area contributed by atoms with Gasteiger partial charge in [0.1, 0.15) is 0 Å². The highest BCUT2D eigenvalue weighted by molar-refractivity contribution is 5.90. The van der Waals surface area contributed by atoms with E-state index in [9.17, 15) is 4.79 Å². The fraction of sp³-hybridized carbons (Fsp3) is 0.200. The topological polar surface area (TPSA) is 51.2 Å². The van der Waals surface area contributed by atoms with Crippen molar-refractivity contribution in [1.82, 2.24) is 4.98 Å². The summed E-state index contributed by atoms with van der Waals surface area (Å²) in [6.45, 7) is 2.83. The van der Waals surface area contributed by atoms with Gasteiger partial charge < -0.3 is 10.1 Å². The van der Waals surface area contributed by atoms with Crippen molar-refractivity contribution in [2.45, 2.75) is 13.5 Å². The van der Waals surface area contributed by atoms with Gasteiger partial charge in [-0.1, -0.05) is 30.3 Å². The fourth-order valence-electron chi connectivity index (χ4n) is 1.66. The summed E-state index contributed by atoms with van der Waals surface area (Å²) in [5.41, 5.74) is 2.43. The first-order valence-corrected chi connectivity index (χ1v) is 6.19. The number of anilines is 1. The summed E-state index contributed by atoms with van der Waals surface area (Å²) >= 11 is 0. The zero-order valence-electron chi connectivity index (χ0n) is 10.8. The van der Waals surface area contributed by atoms with Crippen LogP contribution in [0.25, 0.3) is 0 Å². The molecule has 0 aliphatic heterocycles. The maximum Gasteiger partial charge on any atom is 0.339 e. The Kier molecular flexibility index (Phi) is 4.50. The third kappa shape index (κ3) is 3.81. The maximum atomic E-state index is 11.6. The van der Waals surface area contributed by atoms with Gasteiger partial charge >= 0.3 is 5.97 Å². The molecule has 1 heterocycles. The molecule has 0 unspecified atom stereocenters. The highest BCUT2D eigenvalue weighted by Crippen LogP contribution is 2.11. The second-order valence-corrected chi connectivity index (χ2v) is 4.02. The van der Waals surface area contributed by atoms with E-state index in [2.05, 4.69) is 10.3 Å². The van der Waals surface area contributed by atoms with Crippen LogP contribution in [0.2, 0.25) is 0 Å². The first-order chi connectivity index (χ1) is 9.29. The van der Waals surface area contributed by atoms with E-state index in [0.29, 0.717) is 18.7 Å². The van der Waals surface area contributed by atoms with Gasteiger partial charge in [-0.05, 0) is 18.6 Å². The number of nitrogens with zero attached hydrogens (tertiary/aromatic N) is 1. The number of hydrogen-bond acceptors (Lipinski definition) is 4. The molecule has 0 radical (unpaired) electrons. The second-order valence-electron chi connectivity index (χ2n) is 4.02. The monoisotopic (exact) mass is 256 g/mol. The van der Waals surface area contributed by atoms with Crippen molar-refractivity contribution >= 4 is 11.7 Å². The molecule has 0 fully saturated rings. The van der Waals surface area contributed by atoms with Crippen LogP contribution in [-0.4, -0.2) is 17.6 Å². The minimum atomic E-state index is -0.349. The molecule has 0 aliphatic rings. The average molecular weight is 256 g/mol. The quantitative estimate of drug-likeness (QED) is 0.836. The lowest BCUT2D eigenvalue weighted by molar-refractivity contribution is 0.0526. The molecule has 98 valence electrons. The van der Waals surface area contributed by atoms with Crippen molar-refractivity contribution in [1.29, 1.82) is 0 Å². The van der Waals surface area contributed by atoms with Crippen LogP contribution in [0.1, 0.15) is 22.8 Å². The molecule has 19 heavy (non-hydrogen) atoms. The Morgan fingerprint density at radius 3 is 2.79 bits per heavy atom. The summed E-state index contributed by atoms with van der Waals surface area (Å²) in [7, 11) is 0. The maximum absolute atomic E-state index is 11.6. The van der Waals surface area contributed by atoms with E-state index in [4.69, 9.17) is 4.74 Å². The van der Waals surface area contributed by atoms with E-state index in [1.54, 1.807) is 19.2 Å². The number of rotatable bonds is 5. The molecule has 0 saturated heterocycles. The molecule has 0 saturated carbocycles. The van der Waals surface area contributed by atoms with Crippen LogP contribution in [0.5, 0.6) is 0 Å². The van der Waals surface area contributed by atoms with Gasteiger partial charge in [-0.25, -0.2) is 4.79 Å². The first-order valence-electron chi connectivity index (χ1n) is 6.19. The summed E-state index contributed by atoms with van der Waals surface area (Å²) in [4.78, 5) is 15.6. The van der Waals surface area contributed by atoms with Gasteiger partial charge in [-0.15, -0.1) is 0 Å². The molecule has 4 nitrogen and oxygen atoms in total. The summed E-state index contributed by atoms with van der Waals surface area (Å²) in [5, 5.41) is 3.23. The molecule has 1 N–H and O–H groups in total. The van der Waals surface area contributed by atoms with E-state index in [0.717, 1.165) is 5.69 Å². The molecule has 1 aromatic heterocycles. The van der Waals surface area contributed by atoms with Gasteiger partial charge in [0.25, 0.3) is 0 Å². The minimum absolute atomic E-state index is 0.349. The number of hydrogen-bond donors (Lipinski definition) is 1. The van der Waals surface area contributed by atoms with Gasteiger partial charge in [0, 0.05) is 18.9 Å². The molecular weight excluding hydrogens is 240 g/mol. The number of esters is 1. The number of benzene rings is 1. The summed E-state index contributed by atoms with van der Waals surface area (Å²) in [6.07, 6.45) is 3.19. The Bertz CT molecular complexity index is 541. The SMILES string of the molecule is CCOC(=O)c1cncc(NCc2ccccc2)c1. The van der Waals surface area contributed by atoms with Crippen molar-refractivity contribution in [3.05, 3.63) is 59.9 Å². The van der Waals surface area contributed by atoms with Crippen LogP contribution in [0.4, 0.5) is 5.69 Å². The van der Waals surface area contributed by atoms with Crippen molar-refractivity contribution in [2.75, 3.05) is 11.9 Å². The zero-order chi connectivity index (χ0) is 13.5. The third-order valence-electron chi connectivity index (χ3n) is 2.59. The number of ether oxygens (including phenoxy) is 1. The lowest BCUT2D eigenvalue weighted by Crippen LogP contribution is -2.06. The highest BCUT2D eigenvalue weighted by Gasteiger charge is 2.07. The molecule has 0 amide bonds. The summed E-state index contributed by atoms with van der Waals surface area (Å²) < 4.78 is 4.94. The lowest BCUT2D eigenvalue weighted by atomic mass is 10.2. The Balaban J connectivity index is 2.01. The standard InChI is InChI=1S/C15H16N2O2/c1-2-19-15(18)13-8-14(11-16-10-13)17-9-12-6-4-3-5-7-12/h3-8,10-11,17H,2,9H2,1H3. The molecule has 0 aliphatic carbocycles. The van der Waals surface area contributed by atoms with Gasteiger partial charge in [0.15, 0.2) is 0 Å². The molecule has 4 heteroatoms. The average Bonchev–Trinajstić information content (AvgIpc) is 2.47. The van der Waals surface area contributed by atoms with Gasteiger partial charge in [0.2, 0.25) is 0 Å². The molecule has 0 bridgehead atoms.